The monoisotopic (exact) mass is 502 g/mol. The quantitative estimate of drug-likeness (QED) is 0.286. The van der Waals surface area contributed by atoms with Crippen LogP contribution < -0.4 is 10.1 Å². The normalized spacial score (nSPS) is 11.1. The Morgan fingerprint density at radius 1 is 1.12 bits per heavy atom. The van der Waals surface area contributed by atoms with Crippen molar-refractivity contribution in [1.29, 1.82) is 5.26 Å². The maximum absolute atomic E-state index is 12.8. The molecule has 0 spiro atoms. The van der Waals surface area contributed by atoms with Gasteiger partial charge in [0.25, 0.3) is 5.91 Å². The summed E-state index contributed by atoms with van der Waals surface area (Å²) >= 11 is 3.66. The van der Waals surface area contributed by atoms with Gasteiger partial charge in [-0.05, 0) is 61.2 Å². The minimum absolute atomic E-state index is 0.0249. The van der Waals surface area contributed by atoms with Crippen molar-refractivity contribution in [2.75, 3.05) is 12.4 Å². The van der Waals surface area contributed by atoms with E-state index in [2.05, 4.69) is 53.3 Å². The standard InChI is InChI=1S/C28H27BrN2O2/c1-5-22-8-6-7-9-26(22)31-28(32)23(17-30)13-21-15-25(29)24(27(16-21)33-4)14-20-11-18(2)10-19(3)12-20/h6-13,15-16H,5,14H2,1-4H3,(H,31,32)/b23-13+. The van der Waals surface area contributed by atoms with Gasteiger partial charge in [0.2, 0.25) is 0 Å². The molecule has 0 fully saturated rings. The van der Waals surface area contributed by atoms with Gasteiger partial charge in [0.1, 0.15) is 17.4 Å². The molecule has 1 amide bonds. The molecule has 168 valence electrons. The highest BCUT2D eigenvalue weighted by atomic mass is 79.9. The topological polar surface area (TPSA) is 62.1 Å². The van der Waals surface area contributed by atoms with Crippen LogP contribution >= 0.6 is 15.9 Å². The number of benzene rings is 3. The van der Waals surface area contributed by atoms with Crippen LogP contribution in [0.3, 0.4) is 0 Å². The van der Waals surface area contributed by atoms with Gasteiger partial charge in [-0.1, -0.05) is 70.4 Å². The van der Waals surface area contributed by atoms with E-state index < -0.39 is 5.91 Å². The van der Waals surface area contributed by atoms with Crippen molar-refractivity contribution in [1.82, 2.24) is 0 Å². The van der Waals surface area contributed by atoms with Crippen LogP contribution in [0.2, 0.25) is 0 Å². The number of nitriles is 1. The third-order valence-electron chi connectivity index (χ3n) is 5.38. The van der Waals surface area contributed by atoms with Crippen LogP contribution in [0.4, 0.5) is 5.69 Å². The molecular formula is C28H27BrN2O2. The van der Waals surface area contributed by atoms with E-state index in [1.165, 1.54) is 16.7 Å². The van der Waals surface area contributed by atoms with E-state index in [1.54, 1.807) is 13.2 Å². The average Bonchev–Trinajstić information content (AvgIpc) is 2.78. The first-order chi connectivity index (χ1) is 15.8. The molecule has 33 heavy (non-hydrogen) atoms. The lowest BCUT2D eigenvalue weighted by molar-refractivity contribution is -0.112. The Balaban J connectivity index is 1.91. The molecule has 3 aromatic carbocycles. The number of rotatable bonds is 7. The molecular weight excluding hydrogens is 476 g/mol. The molecule has 4 nitrogen and oxygen atoms in total. The van der Waals surface area contributed by atoms with Crippen molar-refractivity contribution >= 4 is 33.6 Å². The molecule has 0 aliphatic carbocycles. The SMILES string of the molecule is CCc1ccccc1NC(=O)/C(C#N)=C/c1cc(Br)c(Cc2cc(C)cc(C)c2)c(OC)c1. The summed E-state index contributed by atoms with van der Waals surface area (Å²) in [5.74, 6) is 0.261. The van der Waals surface area contributed by atoms with Gasteiger partial charge >= 0.3 is 0 Å². The van der Waals surface area contributed by atoms with Gasteiger partial charge in [-0.2, -0.15) is 5.26 Å². The smallest absolute Gasteiger partial charge is 0.266 e. The van der Waals surface area contributed by atoms with Gasteiger partial charge < -0.3 is 10.1 Å². The largest absolute Gasteiger partial charge is 0.496 e. The second-order valence-electron chi connectivity index (χ2n) is 7.99. The average molecular weight is 503 g/mol. The zero-order valence-electron chi connectivity index (χ0n) is 19.3. The van der Waals surface area contributed by atoms with Crippen LogP contribution in [0, 0.1) is 25.2 Å². The Morgan fingerprint density at radius 2 is 1.82 bits per heavy atom. The number of anilines is 1. The number of ether oxygens (including phenoxy) is 1. The fraction of sp³-hybridized carbons (Fsp3) is 0.214. The summed E-state index contributed by atoms with van der Waals surface area (Å²) in [6.45, 7) is 6.20. The van der Waals surface area contributed by atoms with E-state index >= 15 is 0 Å². The van der Waals surface area contributed by atoms with Crippen LogP contribution in [0.1, 0.15) is 40.3 Å². The number of methoxy groups -OCH3 is 1. The number of halogens is 1. The number of aryl methyl sites for hydroxylation is 3. The predicted octanol–water partition coefficient (Wildman–Crippen LogP) is 6.77. The van der Waals surface area contributed by atoms with Crippen LogP contribution in [-0.4, -0.2) is 13.0 Å². The molecule has 0 saturated carbocycles. The summed E-state index contributed by atoms with van der Waals surface area (Å²) in [5.41, 5.74) is 7.11. The molecule has 0 aliphatic heterocycles. The molecule has 0 unspecified atom stereocenters. The summed E-state index contributed by atoms with van der Waals surface area (Å²) in [5, 5.41) is 12.5. The van der Waals surface area contributed by atoms with E-state index in [-0.39, 0.29) is 5.57 Å². The minimum atomic E-state index is -0.437. The van der Waals surface area contributed by atoms with Crippen LogP contribution in [-0.2, 0) is 17.6 Å². The second kappa shape index (κ2) is 11.0. The van der Waals surface area contributed by atoms with Gasteiger partial charge in [0, 0.05) is 22.1 Å². The summed E-state index contributed by atoms with van der Waals surface area (Å²) in [6.07, 6.45) is 3.07. The summed E-state index contributed by atoms with van der Waals surface area (Å²) in [7, 11) is 1.62. The number of nitrogens with zero attached hydrogens (tertiary/aromatic N) is 1. The molecule has 3 aromatic rings. The molecule has 0 aromatic heterocycles. The van der Waals surface area contributed by atoms with Gasteiger partial charge in [-0.15, -0.1) is 0 Å². The highest BCUT2D eigenvalue weighted by molar-refractivity contribution is 9.10. The Morgan fingerprint density at radius 3 is 2.45 bits per heavy atom. The fourth-order valence-electron chi connectivity index (χ4n) is 3.90. The summed E-state index contributed by atoms with van der Waals surface area (Å²) < 4.78 is 6.52. The molecule has 3 rings (SSSR count). The molecule has 0 saturated heterocycles. The first-order valence-electron chi connectivity index (χ1n) is 10.8. The Kier molecular flexibility index (Phi) is 8.08. The van der Waals surface area contributed by atoms with Crippen molar-refractivity contribution in [2.45, 2.75) is 33.6 Å². The lowest BCUT2D eigenvalue weighted by atomic mass is 9.98. The van der Waals surface area contributed by atoms with Crippen LogP contribution in [0.25, 0.3) is 6.08 Å². The number of amides is 1. The number of hydrogen-bond acceptors (Lipinski definition) is 3. The lowest BCUT2D eigenvalue weighted by Gasteiger charge is -2.14. The van der Waals surface area contributed by atoms with Crippen molar-refractivity contribution < 1.29 is 9.53 Å². The van der Waals surface area contributed by atoms with Gasteiger partial charge in [0.15, 0.2) is 0 Å². The number of carbonyl (C=O) groups is 1. The molecule has 0 aliphatic rings. The number of carbonyl (C=O) groups excluding carboxylic acids is 1. The minimum Gasteiger partial charge on any atom is -0.496 e. The molecule has 0 radical (unpaired) electrons. The van der Waals surface area contributed by atoms with Crippen molar-refractivity contribution in [3.63, 3.8) is 0 Å². The summed E-state index contributed by atoms with van der Waals surface area (Å²) in [6, 6.07) is 19.9. The Bertz CT molecular complexity index is 1230. The first kappa shape index (κ1) is 24.3. The number of nitrogens with one attached hydrogen (secondary N) is 1. The molecule has 0 atom stereocenters. The van der Waals surface area contributed by atoms with Crippen LogP contribution in [0.5, 0.6) is 5.75 Å². The first-order valence-corrected chi connectivity index (χ1v) is 11.6. The van der Waals surface area contributed by atoms with Crippen molar-refractivity contribution in [3.8, 4) is 11.8 Å². The van der Waals surface area contributed by atoms with E-state index in [9.17, 15) is 10.1 Å². The maximum atomic E-state index is 12.8. The maximum Gasteiger partial charge on any atom is 0.266 e. The Hall–Kier alpha value is -3.36. The van der Waals surface area contributed by atoms with E-state index in [4.69, 9.17) is 4.74 Å². The highest BCUT2D eigenvalue weighted by Crippen LogP contribution is 2.32. The van der Waals surface area contributed by atoms with Gasteiger partial charge in [0.05, 0.1) is 7.11 Å². The molecule has 0 heterocycles. The highest BCUT2D eigenvalue weighted by Gasteiger charge is 2.15. The fourth-order valence-corrected chi connectivity index (χ4v) is 4.50. The number of hydrogen-bond donors (Lipinski definition) is 1. The third kappa shape index (κ3) is 6.12. The summed E-state index contributed by atoms with van der Waals surface area (Å²) in [4.78, 5) is 12.8. The number of para-hydroxylation sites is 1. The molecule has 1 N–H and O–H groups in total. The van der Waals surface area contributed by atoms with Crippen molar-refractivity contribution in [2.24, 2.45) is 0 Å². The van der Waals surface area contributed by atoms with Gasteiger partial charge in [-0.3, -0.25) is 4.79 Å². The Labute approximate surface area is 204 Å². The zero-order valence-corrected chi connectivity index (χ0v) is 20.9. The van der Waals surface area contributed by atoms with E-state index in [0.717, 1.165) is 22.0 Å². The zero-order chi connectivity index (χ0) is 24.0. The predicted molar refractivity (Wildman–Crippen MR) is 137 cm³/mol. The van der Waals surface area contributed by atoms with E-state index in [1.807, 2.05) is 49.4 Å². The van der Waals surface area contributed by atoms with E-state index in [0.29, 0.717) is 23.4 Å². The molecule has 5 heteroatoms. The lowest BCUT2D eigenvalue weighted by Crippen LogP contribution is -2.14. The van der Waals surface area contributed by atoms with Crippen molar-refractivity contribution in [3.05, 3.63) is 98.0 Å². The molecule has 0 bridgehead atoms. The third-order valence-corrected chi connectivity index (χ3v) is 6.09. The second-order valence-corrected chi connectivity index (χ2v) is 8.85. The van der Waals surface area contributed by atoms with Crippen LogP contribution in [0.15, 0.2) is 64.6 Å². The van der Waals surface area contributed by atoms with Gasteiger partial charge in [-0.25, -0.2) is 0 Å².